The number of carboxylic acid groups (broad SMARTS) is 2. The molecule has 0 heterocycles. The Bertz CT molecular complexity index is 705. The van der Waals surface area contributed by atoms with Gasteiger partial charge in [-0.25, -0.2) is 4.79 Å². The van der Waals surface area contributed by atoms with Crippen LogP contribution >= 0.6 is 11.8 Å². The van der Waals surface area contributed by atoms with Gasteiger partial charge in [0.1, 0.15) is 18.1 Å². The van der Waals surface area contributed by atoms with E-state index in [0.717, 1.165) is 0 Å². The van der Waals surface area contributed by atoms with Crippen molar-refractivity contribution in [2.45, 2.75) is 84.0 Å². The Morgan fingerprint density at radius 2 is 1.38 bits per heavy atom. The lowest BCUT2D eigenvalue weighted by atomic mass is 9.97. The van der Waals surface area contributed by atoms with Gasteiger partial charge in [0, 0.05) is 6.42 Å². The zero-order valence-corrected chi connectivity index (χ0v) is 21.4. The summed E-state index contributed by atoms with van der Waals surface area (Å²) in [4.78, 5) is 60.6. The van der Waals surface area contributed by atoms with Gasteiger partial charge in [-0.1, -0.05) is 34.1 Å². The predicted molar refractivity (Wildman–Crippen MR) is 130 cm³/mol. The second-order valence-electron chi connectivity index (χ2n) is 8.78. The molecule has 0 aromatic heterocycles. The SMILES string of the molecule is CC[C@H](C)[C@H](N)C(=O)N[C@@H](CC(C)C)C(=O)N[C@@H](CCSC)C(=O)N[C@@H](CCC(=O)O)C(=O)O. The Hall–Kier alpha value is -2.34. The zero-order chi connectivity index (χ0) is 26.4. The Morgan fingerprint density at radius 1 is 0.853 bits per heavy atom. The van der Waals surface area contributed by atoms with Crippen LogP contribution in [0.5, 0.6) is 0 Å². The third-order valence-corrected chi connectivity index (χ3v) is 6.05. The lowest BCUT2D eigenvalue weighted by Gasteiger charge is -2.27. The van der Waals surface area contributed by atoms with E-state index in [4.69, 9.17) is 10.8 Å². The Balaban J connectivity index is 5.50. The van der Waals surface area contributed by atoms with E-state index >= 15 is 0 Å². The summed E-state index contributed by atoms with van der Waals surface area (Å²) >= 11 is 1.44. The minimum atomic E-state index is -1.41. The summed E-state index contributed by atoms with van der Waals surface area (Å²) in [6.45, 7) is 7.53. The fourth-order valence-electron chi connectivity index (χ4n) is 3.06. The van der Waals surface area contributed by atoms with Gasteiger partial charge in [0.15, 0.2) is 0 Å². The summed E-state index contributed by atoms with van der Waals surface area (Å²) in [6.07, 6.45) is 2.33. The highest BCUT2D eigenvalue weighted by Crippen LogP contribution is 2.10. The lowest BCUT2D eigenvalue weighted by molar-refractivity contribution is -0.143. The van der Waals surface area contributed by atoms with Crippen LogP contribution in [0.25, 0.3) is 0 Å². The Kier molecular flexibility index (Phi) is 15.2. The van der Waals surface area contributed by atoms with Gasteiger partial charge in [-0.2, -0.15) is 11.8 Å². The monoisotopic (exact) mass is 504 g/mol. The van der Waals surface area contributed by atoms with Crippen molar-refractivity contribution in [3.63, 3.8) is 0 Å². The number of carbonyl (C=O) groups excluding carboxylic acids is 3. The highest BCUT2D eigenvalue weighted by molar-refractivity contribution is 7.98. The molecule has 3 amide bonds. The molecule has 12 heteroatoms. The number of amides is 3. The zero-order valence-electron chi connectivity index (χ0n) is 20.6. The smallest absolute Gasteiger partial charge is 0.326 e. The summed E-state index contributed by atoms with van der Waals surface area (Å²) in [7, 11) is 0. The van der Waals surface area contributed by atoms with Crippen molar-refractivity contribution in [3.05, 3.63) is 0 Å². The van der Waals surface area contributed by atoms with E-state index in [1.807, 2.05) is 34.0 Å². The van der Waals surface area contributed by atoms with E-state index in [1.165, 1.54) is 11.8 Å². The number of hydrogen-bond donors (Lipinski definition) is 6. The van der Waals surface area contributed by atoms with Gasteiger partial charge in [-0.15, -0.1) is 0 Å². The van der Waals surface area contributed by atoms with Crippen molar-refractivity contribution < 1.29 is 34.2 Å². The molecule has 0 saturated heterocycles. The number of carbonyl (C=O) groups is 5. The summed E-state index contributed by atoms with van der Waals surface area (Å²) in [5, 5.41) is 25.7. The van der Waals surface area contributed by atoms with Crippen LogP contribution in [0.1, 0.15) is 59.8 Å². The summed E-state index contributed by atoms with van der Waals surface area (Å²) in [6, 6.07) is -4.17. The molecule has 0 radical (unpaired) electrons. The van der Waals surface area contributed by atoms with Gasteiger partial charge in [0.2, 0.25) is 17.7 Å². The van der Waals surface area contributed by atoms with Crippen molar-refractivity contribution in [1.82, 2.24) is 16.0 Å². The first-order valence-electron chi connectivity index (χ1n) is 11.4. The molecule has 5 atom stereocenters. The molecular formula is C22H40N4O7S. The summed E-state index contributed by atoms with van der Waals surface area (Å²) < 4.78 is 0. The largest absolute Gasteiger partial charge is 0.481 e. The number of rotatable bonds is 17. The number of nitrogens with two attached hydrogens (primary N) is 1. The number of carboxylic acids is 2. The second-order valence-corrected chi connectivity index (χ2v) is 9.76. The molecule has 196 valence electrons. The Labute approximate surface area is 205 Å². The van der Waals surface area contributed by atoms with Crippen molar-refractivity contribution >= 4 is 41.4 Å². The fraction of sp³-hybridized carbons (Fsp3) is 0.773. The third kappa shape index (κ3) is 12.2. The van der Waals surface area contributed by atoms with Crippen molar-refractivity contribution in [3.8, 4) is 0 Å². The quantitative estimate of drug-likeness (QED) is 0.164. The van der Waals surface area contributed by atoms with E-state index in [-0.39, 0.29) is 24.7 Å². The third-order valence-electron chi connectivity index (χ3n) is 5.40. The topological polar surface area (TPSA) is 188 Å². The first-order valence-corrected chi connectivity index (χ1v) is 12.8. The first-order chi connectivity index (χ1) is 15.8. The molecule has 0 aliphatic heterocycles. The average molecular weight is 505 g/mol. The molecule has 0 aromatic rings. The van der Waals surface area contributed by atoms with E-state index < -0.39 is 60.2 Å². The van der Waals surface area contributed by atoms with E-state index in [0.29, 0.717) is 18.6 Å². The molecule has 0 aromatic carbocycles. The lowest BCUT2D eigenvalue weighted by Crippen LogP contribution is -2.58. The van der Waals surface area contributed by atoms with Crippen LogP contribution in [0.15, 0.2) is 0 Å². The molecule has 0 aliphatic carbocycles. The number of aliphatic carboxylic acids is 2. The van der Waals surface area contributed by atoms with Gasteiger partial charge < -0.3 is 31.9 Å². The minimum Gasteiger partial charge on any atom is -0.481 e. The summed E-state index contributed by atoms with van der Waals surface area (Å²) in [5.41, 5.74) is 5.99. The van der Waals surface area contributed by atoms with Gasteiger partial charge in [0.05, 0.1) is 6.04 Å². The van der Waals surface area contributed by atoms with Crippen LogP contribution in [0.3, 0.4) is 0 Å². The fourth-order valence-corrected chi connectivity index (χ4v) is 3.53. The molecule has 0 rings (SSSR count). The van der Waals surface area contributed by atoms with Gasteiger partial charge >= 0.3 is 11.9 Å². The molecule has 0 aliphatic rings. The average Bonchev–Trinajstić information content (AvgIpc) is 2.76. The maximum Gasteiger partial charge on any atom is 0.326 e. The molecule has 0 fully saturated rings. The standard InChI is InChI=1S/C22H40N4O7S/c1-6-13(4)18(23)21(31)26-16(11-12(2)3)20(30)24-14(9-10-34-5)19(29)25-15(22(32)33)7-8-17(27)28/h12-16,18H,6-11,23H2,1-5H3,(H,24,30)(H,25,29)(H,26,31)(H,27,28)(H,32,33)/t13-,14-,15-,16-,18-/m0/s1. The molecule has 0 unspecified atom stereocenters. The summed E-state index contributed by atoms with van der Waals surface area (Å²) in [5.74, 6) is -3.83. The van der Waals surface area contributed by atoms with E-state index in [1.54, 1.807) is 0 Å². The van der Waals surface area contributed by atoms with Crippen LogP contribution in [0.4, 0.5) is 0 Å². The molecule has 11 nitrogen and oxygen atoms in total. The van der Waals surface area contributed by atoms with Crippen molar-refractivity contribution in [2.75, 3.05) is 12.0 Å². The highest BCUT2D eigenvalue weighted by Gasteiger charge is 2.31. The number of hydrogen-bond acceptors (Lipinski definition) is 7. The predicted octanol–water partition coefficient (Wildman–Crippen LogP) is 0.563. The minimum absolute atomic E-state index is 0.0572. The Morgan fingerprint density at radius 3 is 1.85 bits per heavy atom. The molecule has 7 N–H and O–H groups in total. The molecule has 0 saturated carbocycles. The van der Waals surface area contributed by atoms with Gasteiger partial charge in [0.25, 0.3) is 0 Å². The normalized spacial score (nSPS) is 15.5. The highest BCUT2D eigenvalue weighted by atomic mass is 32.2. The van der Waals surface area contributed by atoms with Crippen LogP contribution < -0.4 is 21.7 Å². The van der Waals surface area contributed by atoms with Gasteiger partial charge in [-0.05, 0) is 43.1 Å². The van der Waals surface area contributed by atoms with Crippen molar-refractivity contribution in [2.24, 2.45) is 17.6 Å². The first kappa shape index (κ1) is 31.7. The maximum absolute atomic E-state index is 13.0. The van der Waals surface area contributed by atoms with Crippen LogP contribution in [0.2, 0.25) is 0 Å². The number of thioether (sulfide) groups is 1. The molecule has 0 spiro atoms. The van der Waals surface area contributed by atoms with E-state index in [9.17, 15) is 29.1 Å². The van der Waals surface area contributed by atoms with Crippen LogP contribution in [-0.4, -0.2) is 76.0 Å². The van der Waals surface area contributed by atoms with E-state index in [2.05, 4.69) is 16.0 Å². The van der Waals surface area contributed by atoms with Crippen LogP contribution in [-0.2, 0) is 24.0 Å². The van der Waals surface area contributed by atoms with Crippen molar-refractivity contribution in [1.29, 1.82) is 0 Å². The van der Waals surface area contributed by atoms with Crippen LogP contribution in [0, 0.1) is 11.8 Å². The number of nitrogens with one attached hydrogen (secondary N) is 3. The molecular weight excluding hydrogens is 464 g/mol. The molecule has 34 heavy (non-hydrogen) atoms. The maximum atomic E-state index is 13.0. The molecule has 0 bridgehead atoms. The second kappa shape index (κ2) is 16.3. The van der Waals surface area contributed by atoms with Gasteiger partial charge in [-0.3, -0.25) is 19.2 Å².